The summed E-state index contributed by atoms with van der Waals surface area (Å²) in [5, 5.41) is 0.0995. The number of hydrogen-bond acceptors (Lipinski definition) is 2. The van der Waals surface area contributed by atoms with Gasteiger partial charge in [-0.2, -0.15) is 13.2 Å². The van der Waals surface area contributed by atoms with Crippen LogP contribution in [-0.2, 0) is 6.18 Å². The van der Waals surface area contributed by atoms with Crippen LogP contribution < -0.4 is 0 Å². The molecule has 0 saturated heterocycles. The zero-order valence-corrected chi connectivity index (χ0v) is 24.9. The fourth-order valence-electron chi connectivity index (χ4n) is 3.80. The average Bonchev–Trinajstić information content (AvgIpc) is 3.49. The van der Waals surface area contributed by atoms with E-state index in [2.05, 4.69) is 51.9 Å². The molecule has 0 bridgehead atoms. The SMILES string of the molecule is C=C(C)C(=C)n1c(Cl)cn2c(C(=O)N(CCC)CC3CC3)c(C(F)(F)F)nc12.CC.CC/C(C)=C\C(C)C. The summed E-state index contributed by atoms with van der Waals surface area (Å²) >= 11 is 6.22. The molecule has 1 saturated carbocycles. The van der Waals surface area contributed by atoms with Gasteiger partial charge in [0.2, 0.25) is 5.78 Å². The molecule has 9 heteroatoms. The van der Waals surface area contributed by atoms with Crippen molar-refractivity contribution in [2.24, 2.45) is 11.8 Å². The summed E-state index contributed by atoms with van der Waals surface area (Å²) in [7, 11) is 0. The standard InChI is InChI=1S/C19H22ClF3N4O.C8H16.C2H6/c1-5-8-25(9-13-6-7-13)17(28)15-16(19(21,22)23)24-18-26(15)10-14(20)27(18)12(4)11(2)3;1-5-8(4)6-7(2)3;1-2/h10,13H,2,4-9H2,1,3H3;6-7H,5H2,1-4H3;1-2H3/b;8-6-;. The van der Waals surface area contributed by atoms with E-state index in [0.29, 0.717) is 36.7 Å². The topological polar surface area (TPSA) is 42.5 Å². The Morgan fingerprint density at radius 2 is 1.82 bits per heavy atom. The van der Waals surface area contributed by atoms with Crippen LogP contribution >= 0.6 is 11.6 Å². The Morgan fingerprint density at radius 3 is 2.21 bits per heavy atom. The highest BCUT2D eigenvalue weighted by atomic mass is 35.5. The fraction of sp³-hybridized carbons (Fsp3) is 0.586. The van der Waals surface area contributed by atoms with Crippen molar-refractivity contribution in [3.05, 3.63) is 53.1 Å². The number of imidazole rings is 2. The Kier molecular flexibility index (Phi) is 12.9. The monoisotopic (exact) mass is 556 g/mol. The summed E-state index contributed by atoms with van der Waals surface area (Å²) < 4.78 is 43.5. The first kappa shape index (κ1) is 33.5. The van der Waals surface area contributed by atoms with Gasteiger partial charge in [0.25, 0.3) is 5.91 Å². The van der Waals surface area contributed by atoms with Crippen LogP contribution in [0, 0.1) is 11.8 Å². The minimum atomic E-state index is -4.78. The Labute approximate surface area is 231 Å². The number of nitrogens with zero attached hydrogens (tertiary/aromatic N) is 4. The number of allylic oxidation sites excluding steroid dienone is 4. The first-order valence-corrected chi connectivity index (χ1v) is 13.8. The van der Waals surface area contributed by atoms with E-state index in [1.165, 1.54) is 27.7 Å². The third-order valence-corrected chi connectivity index (χ3v) is 6.17. The van der Waals surface area contributed by atoms with Crippen LogP contribution in [0.3, 0.4) is 0 Å². The van der Waals surface area contributed by atoms with Gasteiger partial charge >= 0.3 is 6.18 Å². The number of hydrogen-bond donors (Lipinski definition) is 0. The molecule has 0 spiro atoms. The van der Waals surface area contributed by atoms with Crippen LogP contribution in [0.2, 0.25) is 5.15 Å². The number of halogens is 4. The molecule has 3 rings (SSSR count). The molecule has 2 heterocycles. The molecule has 1 aliphatic rings. The molecule has 2 aromatic rings. The summed E-state index contributed by atoms with van der Waals surface area (Å²) in [5.74, 6) is 0.263. The van der Waals surface area contributed by atoms with Gasteiger partial charge in [0, 0.05) is 25.0 Å². The minimum Gasteiger partial charge on any atom is -0.337 e. The summed E-state index contributed by atoms with van der Waals surface area (Å²) in [5.41, 5.74) is 0.586. The highest BCUT2D eigenvalue weighted by molar-refractivity contribution is 6.30. The van der Waals surface area contributed by atoms with Gasteiger partial charge in [-0.15, -0.1) is 0 Å². The van der Waals surface area contributed by atoms with E-state index in [1.807, 2.05) is 20.8 Å². The zero-order valence-electron chi connectivity index (χ0n) is 24.2. The second-order valence-corrected chi connectivity index (χ2v) is 10.2. The third-order valence-electron chi connectivity index (χ3n) is 5.91. The van der Waals surface area contributed by atoms with Crippen LogP contribution in [0.5, 0.6) is 0 Å². The smallest absolute Gasteiger partial charge is 0.337 e. The van der Waals surface area contributed by atoms with Crippen molar-refractivity contribution in [3.63, 3.8) is 0 Å². The van der Waals surface area contributed by atoms with Crippen molar-refractivity contribution in [2.75, 3.05) is 13.1 Å². The van der Waals surface area contributed by atoms with Gasteiger partial charge in [-0.05, 0) is 56.9 Å². The largest absolute Gasteiger partial charge is 0.435 e. The predicted molar refractivity (Wildman–Crippen MR) is 152 cm³/mol. The maximum Gasteiger partial charge on any atom is 0.435 e. The van der Waals surface area contributed by atoms with E-state index in [9.17, 15) is 18.0 Å². The van der Waals surface area contributed by atoms with E-state index in [1.54, 1.807) is 6.92 Å². The molecular weight excluding hydrogens is 513 g/mol. The van der Waals surface area contributed by atoms with Gasteiger partial charge in [-0.25, -0.2) is 4.98 Å². The van der Waals surface area contributed by atoms with Crippen LogP contribution in [0.4, 0.5) is 13.2 Å². The third kappa shape index (κ3) is 8.79. The van der Waals surface area contributed by atoms with Crippen LogP contribution in [0.25, 0.3) is 11.5 Å². The lowest BCUT2D eigenvalue weighted by Crippen LogP contribution is -2.35. The molecule has 0 aliphatic heterocycles. The maximum atomic E-state index is 13.7. The average molecular weight is 557 g/mol. The molecule has 0 radical (unpaired) electrons. The number of carbonyl (C=O) groups is 1. The zero-order chi connectivity index (χ0) is 29.4. The normalized spacial score (nSPS) is 13.6. The molecule has 214 valence electrons. The molecule has 1 aliphatic carbocycles. The second kappa shape index (κ2) is 14.6. The second-order valence-electron chi connectivity index (χ2n) is 9.80. The number of rotatable bonds is 9. The van der Waals surface area contributed by atoms with Crippen molar-refractivity contribution in [1.29, 1.82) is 0 Å². The molecule has 1 fully saturated rings. The molecule has 0 atom stereocenters. The van der Waals surface area contributed by atoms with Gasteiger partial charge < -0.3 is 4.90 Å². The van der Waals surface area contributed by atoms with Gasteiger partial charge in [0.05, 0.1) is 0 Å². The van der Waals surface area contributed by atoms with E-state index >= 15 is 0 Å². The molecule has 0 aromatic carbocycles. The molecule has 0 unspecified atom stereocenters. The summed E-state index contributed by atoms with van der Waals surface area (Å²) in [6, 6.07) is 0. The summed E-state index contributed by atoms with van der Waals surface area (Å²) in [6.45, 7) is 24.7. The summed E-state index contributed by atoms with van der Waals surface area (Å²) in [6.07, 6.45) is 2.61. The van der Waals surface area contributed by atoms with Crippen molar-refractivity contribution >= 4 is 29.0 Å². The van der Waals surface area contributed by atoms with E-state index < -0.39 is 23.5 Å². The lowest BCUT2D eigenvalue weighted by molar-refractivity contribution is -0.141. The number of aromatic nitrogens is 3. The van der Waals surface area contributed by atoms with Crippen molar-refractivity contribution < 1.29 is 18.0 Å². The first-order valence-electron chi connectivity index (χ1n) is 13.4. The molecule has 2 aromatic heterocycles. The lowest BCUT2D eigenvalue weighted by atomic mass is 10.1. The van der Waals surface area contributed by atoms with Crippen molar-refractivity contribution in [2.45, 2.75) is 87.2 Å². The van der Waals surface area contributed by atoms with Crippen molar-refractivity contribution in [3.8, 4) is 0 Å². The molecule has 38 heavy (non-hydrogen) atoms. The predicted octanol–water partition coefficient (Wildman–Crippen LogP) is 9.14. The van der Waals surface area contributed by atoms with E-state index in [4.69, 9.17) is 11.6 Å². The number of alkyl halides is 3. The lowest BCUT2D eigenvalue weighted by Gasteiger charge is -2.22. The maximum absolute atomic E-state index is 13.7. The van der Waals surface area contributed by atoms with Crippen LogP contribution in [-0.4, -0.2) is 37.8 Å². The highest BCUT2D eigenvalue weighted by Crippen LogP contribution is 2.36. The van der Waals surface area contributed by atoms with E-state index in [-0.39, 0.29) is 10.9 Å². The number of carbonyl (C=O) groups excluding carboxylic acids is 1. The quantitative estimate of drug-likeness (QED) is 0.228. The van der Waals surface area contributed by atoms with Crippen LogP contribution in [0.1, 0.15) is 97.3 Å². The Bertz CT molecular complexity index is 1140. The first-order chi connectivity index (χ1) is 17.7. The number of amides is 1. The Balaban J connectivity index is 0.000000620. The highest BCUT2D eigenvalue weighted by Gasteiger charge is 2.42. The summed E-state index contributed by atoms with van der Waals surface area (Å²) in [4.78, 5) is 18.4. The Hall–Kier alpha value is -2.48. The minimum absolute atomic E-state index is 0.0995. The van der Waals surface area contributed by atoms with Gasteiger partial charge in [-0.3, -0.25) is 13.8 Å². The molecule has 1 amide bonds. The van der Waals surface area contributed by atoms with Crippen molar-refractivity contribution in [1.82, 2.24) is 18.9 Å². The number of fused-ring (bicyclic) bond motifs is 1. The molecule has 5 nitrogen and oxygen atoms in total. The molecular formula is C29H44ClF3N4O. The van der Waals surface area contributed by atoms with Crippen LogP contribution in [0.15, 0.2) is 36.6 Å². The van der Waals surface area contributed by atoms with E-state index in [0.717, 1.165) is 23.2 Å². The van der Waals surface area contributed by atoms with Gasteiger partial charge in [0.15, 0.2) is 5.69 Å². The van der Waals surface area contributed by atoms with Gasteiger partial charge in [0.1, 0.15) is 10.8 Å². The van der Waals surface area contributed by atoms with Gasteiger partial charge in [-0.1, -0.05) is 78.0 Å². The Morgan fingerprint density at radius 1 is 1.24 bits per heavy atom. The molecule has 0 N–H and O–H groups in total. The fourth-order valence-corrected chi connectivity index (χ4v) is 4.07.